The van der Waals surface area contributed by atoms with Crippen LogP contribution < -0.4 is 5.56 Å². The number of nitrogens with zero attached hydrogens (tertiary/aromatic N) is 2. The summed E-state index contributed by atoms with van der Waals surface area (Å²) in [5.41, 5.74) is 2.15. The zero-order chi connectivity index (χ0) is 19.2. The first-order valence-electron chi connectivity index (χ1n) is 7.94. The molecule has 136 valence electrons. The average Bonchev–Trinajstić information content (AvgIpc) is 3.16. The number of thiazole rings is 1. The minimum atomic E-state index is -4.53. The number of hydrogen-bond donors (Lipinski definition) is 1. The van der Waals surface area contributed by atoms with Crippen LogP contribution in [0.1, 0.15) is 11.1 Å². The lowest BCUT2D eigenvalue weighted by Gasteiger charge is -2.12. The molecule has 4 rings (SSSR count). The molecule has 0 saturated heterocycles. The Hall–Kier alpha value is -3.00. The highest BCUT2D eigenvalue weighted by molar-refractivity contribution is 7.13. The van der Waals surface area contributed by atoms with Gasteiger partial charge in [0.1, 0.15) is 5.82 Å². The molecule has 4 nitrogen and oxygen atoms in total. The molecule has 2 heterocycles. The van der Waals surface area contributed by atoms with Gasteiger partial charge in [0.25, 0.3) is 5.56 Å². The molecule has 2 aromatic heterocycles. The summed E-state index contributed by atoms with van der Waals surface area (Å²) >= 11 is 1.24. The van der Waals surface area contributed by atoms with Crippen molar-refractivity contribution >= 4 is 22.2 Å². The maximum absolute atomic E-state index is 13.4. The summed E-state index contributed by atoms with van der Waals surface area (Å²) in [7, 11) is 0. The van der Waals surface area contributed by atoms with Crippen molar-refractivity contribution in [2.75, 3.05) is 0 Å². The first-order chi connectivity index (χ1) is 12.8. The van der Waals surface area contributed by atoms with E-state index in [0.29, 0.717) is 21.3 Å². The highest BCUT2D eigenvalue weighted by Crippen LogP contribution is 2.36. The molecule has 0 amide bonds. The average molecular weight is 387 g/mol. The number of halogens is 3. The van der Waals surface area contributed by atoms with E-state index in [0.717, 1.165) is 17.7 Å². The molecule has 4 aromatic rings. The maximum Gasteiger partial charge on any atom is 0.416 e. The Morgan fingerprint density at radius 2 is 1.89 bits per heavy atom. The van der Waals surface area contributed by atoms with Gasteiger partial charge in [-0.3, -0.25) is 9.78 Å². The van der Waals surface area contributed by atoms with Gasteiger partial charge >= 0.3 is 6.18 Å². The summed E-state index contributed by atoms with van der Waals surface area (Å²) in [6, 6.07) is 8.81. The van der Waals surface area contributed by atoms with Crippen molar-refractivity contribution in [1.29, 1.82) is 0 Å². The zero-order valence-corrected chi connectivity index (χ0v) is 14.8. The number of aromatic amines is 1. The lowest BCUT2D eigenvalue weighted by Crippen LogP contribution is -2.11. The molecule has 0 saturated carbocycles. The van der Waals surface area contributed by atoms with Gasteiger partial charge in [0, 0.05) is 11.8 Å². The van der Waals surface area contributed by atoms with Crippen molar-refractivity contribution in [3.8, 4) is 21.8 Å². The Morgan fingerprint density at radius 3 is 2.59 bits per heavy atom. The summed E-state index contributed by atoms with van der Waals surface area (Å²) in [5.74, 6) is 0.0960. The number of nitrogens with one attached hydrogen (secondary N) is 1. The third-order valence-corrected chi connectivity index (χ3v) is 5.01. The summed E-state index contributed by atoms with van der Waals surface area (Å²) in [4.78, 5) is 23.9. The first kappa shape index (κ1) is 17.4. The quantitative estimate of drug-likeness (QED) is 0.524. The highest BCUT2D eigenvalue weighted by atomic mass is 32.1. The van der Waals surface area contributed by atoms with Crippen LogP contribution >= 0.6 is 11.3 Å². The van der Waals surface area contributed by atoms with Crippen LogP contribution in [0.25, 0.3) is 32.7 Å². The summed E-state index contributed by atoms with van der Waals surface area (Å²) < 4.78 is 40.2. The van der Waals surface area contributed by atoms with Gasteiger partial charge in [-0.1, -0.05) is 12.1 Å². The Kier molecular flexibility index (Phi) is 4.07. The standard InChI is InChI=1S/C19H12F3N3OS/c1-10-3-2-4-14-16(10)24-17(25-18(14)26)12-5-11(15-8-23-9-27-15)6-13(7-12)19(20,21)22/h2-9H,1H3,(H,24,25,26). The van der Waals surface area contributed by atoms with Crippen molar-refractivity contribution in [1.82, 2.24) is 15.0 Å². The summed E-state index contributed by atoms with van der Waals surface area (Å²) in [6.45, 7) is 1.80. The fourth-order valence-corrected chi connectivity index (χ4v) is 3.48. The number of hydrogen-bond acceptors (Lipinski definition) is 4. The second kappa shape index (κ2) is 6.31. The molecule has 0 aliphatic rings. The molecule has 8 heteroatoms. The molecule has 0 spiro atoms. The second-order valence-corrected chi connectivity index (χ2v) is 6.93. The van der Waals surface area contributed by atoms with Gasteiger partial charge in [-0.15, -0.1) is 11.3 Å². The van der Waals surface area contributed by atoms with Crippen LogP contribution in [0.4, 0.5) is 13.2 Å². The number of rotatable bonds is 2. The normalized spacial score (nSPS) is 11.9. The number of H-pyrrole nitrogens is 1. The molecule has 0 unspecified atom stereocenters. The topological polar surface area (TPSA) is 58.6 Å². The Labute approximate surface area is 155 Å². The second-order valence-electron chi connectivity index (χ2n) is 6.05. The minimum absolute atomic E-state index is 0.0960. The first-order valence-corrected chi connectivity index (χ1v) is 8.82. The van der Waals surface area contributed by atoms with Crippen molar-refractivity contribution < 1.29 is 13.2 Å². The minimum Gasteiger partial charge on any atom is -0.306 e. The zero-order valence-electron chi connectivity index (χ0n) is 14.0. The van der Waals surface area contributed by atoms with E-state index in [9.17, 15) is 18.0 Å². The van der Waals surface area contributed by atoms with E-state index in [-0.39, 0.29) is 11.4 Å². The van der Waals surface area contributed by atoms with Crippen LogP contribution in [0.5, 0.6) is 0 Å². The maximum atomic E-state index is 13.4. The Bertz CT molecular complexity index is 1200. The van der Waals surface area contributed by atoms with Gasteiger partial charge < -0.3 is 4.98 Å². The van der Waals surface area contributed by atoms with E-state index >= 15 is 0 Å². The van der Waals surface area contributed by atoms with Crippen molar-refractivity contribution in [3.63, 3.8) is 0 Å². The predicted molar refractivity (Wildman–Crippen MR) is 98.6 cm³/mol. The van der Waals surface area contributed by atoms with Gasteiger partial charge in [-0.05, 0) is 42.3 Å². The van der Waals surface area contributed by atoms with Gasteiger partial charge in [0.15, 0.2) is 0 Å². The third-order valence-electron chi connectivity index (χ3n) is 4.19. The third kappa shape index (κ3) is 3.23. The number of alkyl halides is 3. The summed E-state index contributed by atoms with van der Waals surface area (Å²) in [5, 5.41) is 0.397. The number of fused-ring (bicyclic) bond motifs is 1. The van der Waals surface area contributed by atoms with E-state index in [4.69, 9.17) is 0 Å². The van der Waals surface area contributed by atoms with Crippen molar-refractivity contribution in [3.05, 3.63) is 69.6 Å². The van der Waals surface area contributed by atoms with E-state index in [1.54, 1.807) is 36.7 Å². The van der Waals surface area contributed by atoms with Crippen LogP contribution in [-0.2, 0) is 6.18 Å². The fraction of sp³-hybridized carbons (Fsp3) is 0.105. The van der Waals surface area contributed by atoms with Crippen LogP contribution in [0.2, 0.25) is 0 Å². The smallest absolute Gasteiger partial charge is 0.306 e. The SMILES string of the molecule is Cc1cccc2c(=O)[nH]c(-c3cc(-c4cncs4)cc(C(F)(F)F)c3)nc12. The monoisotopic (exact) mass is 387 g/mol. The highest BCUT2D eigenvalue weighted by Gasteiger charge is 2.31. The van der Waals surface area contributed by atoms with Crippen LogP contribution in [0.15, 0.2) is 52.9 Å². The molecule has 0 aliphatic carbocycles. The molecule has 27 heavy (non-hydrogen) atoms. The largest absolute Gasteiger partial charge is 0.416 e. The lowest BCUT2D eigenvalue weighted by atomic mass is 10.0. The molecule has 0 aliphatic heterocycles. The molecule has 0 atom stereocenters. The molecular formula is C19H12F3N3OS. The number of aryl methyl sites for hydroxylation is 1. The van der Waals surface area contributed by atoms with E-state index < -0.39 is 17.3 Å². The van der Waals surface area contributed by atoms with Crippen LogP contribution in [-0.4, -0.2) is 15.0 Å². The Morgan fingerprint density at radius 1 is 1.11 bits per heavy atom. The molecule has 0 radical (unpaired) electrons. The number of para-hydroxylation sites is 1. The number of benzene rings is 2. The van der Waals surface area contributed by atoms with Gasteiger partial charge in [-0.25, -0.2) is 4.98 Å². The van der Waals surface area contributed by atoms with Crippen LogP contribution in [0, 0.1) is 6.92 Å². The lowest BCUT2D eigenvalue weighted by molar-refractivity contribution is -0.137. The molecule has 0 bridgehead atoms. The van der Waals surface area contributed by atoms with E-state index in [1.165, 1.54) is 17.5 Å². The van der Waals surface area contributed by atoms with E-state index in [1.807, 2.05) is 0 Å². The number of aromatic nitrogens is 3. The van der Waals surface area contributed by atoms with Gasteiger partial charge in [0.05, 0.1) is 26.9 Å². The van der Waals surface area contributed by atoms with E-state index in [2.05, 4.69) is 15.0 Å². The Balaban J connectivity index is 1.99. The molecule has 2 aromatic carbocycles. The van der Waals surface area contributed by atoms with Gasteiger partial charge in [-0.2, -0.15) is 13.2 Å². The fourth-order valence-electron chi connectivity index (χ4n) is 2.87. The van der Waals surface area contributed by atoms with Crippen molar-refractivity contribution in [2.45, 2.75) is 13.1 Å². The molecule has 1 N–H and O–H groups in total. The van der Waals surface area contributed by atoms with Crippen molar-refractivity contribution in [2.24, 2.45) is 0 Å². The molecular weight excluding hydrogens is 375 g/mol. The molecule has 0 fully saturated rings. The van der Waals surface area contributed by atoms with Crippen LogP contribution in [0.3, 0.4) is 0 Å². The summed E-state index contributed by atoms with van der Waals surface area (Å²) in [6.07, 6.45) is -3.02. The predicted octanol–water partition coefficient (Wildman–Crippen LogP) is 5.04. The van der Waals surface area contributed by atoms with Gasteiger partial charge in [0.2, 0.25) is 0 Å².